The van der Waals surface area contributed by atoms with Crippen LogP contribution in [-0.2, 0) is 0 Å². The summed E-state index contributed by atoms with van der Waals surface area (Å²) in [5.41, 5.74) is 0.446. The molecule has 98 valence electrons. The van der Waals surface area contributed by atoms with Crippen LogP contribution < -0.4 is 0 Å². The Balaban J connectivity index is 2.30. The predicted octanol–water partition coefficient (Wildman–Crippen LogP) is 4.40. The molecule has 1 amide bonds. The van der Waals surface area contributed by atoms with Crippen molar-refractivity contribution in [2.75, 3.05) is 6.54 Å². The van der Waals surface area contributed by atoms with Gasteiger partial charge in [-0.05, 0) is 37.8 Å². The van der Waals surface area contributed by atoms with Crippen LogP contribution in [0.4, 0.5) is 0 Å². The van der Waals surface area contributed by atoms with Crippen molar-refractivity contribution in [2.45, 2.75) is 38.6 Å². The van der Waals surface area contributed by atoms with Crippen LogP contribution >= 0.6 is 23.2 Å². The van der Waals surface area contributed by atoms with E-state index in [0.29, 0.717) is 21.7 Å². The summed E-state index contributed by atoms with van der Waals surface area (Å²) in [4.78, 5) is 14.5. The number of amides is 1. The minimum atomic E-state index is -0.0304. The highest BCUT2D eigenvalue weighted by molar-refractivity contribution is 6.39. The van der Waals surface area contributed by atoms with Crippen LogP contribution in [0.5, 0.6) is 0 Å². The molecule has 1 heterocycles. The fourth-order valence-corrected chi connectivity index (χ4v) is 3.10. The SMILES string of the molecule is CC[C@H]1CCCCN1C(=O)c1c(Cl)cccc1Cl. The van der Waals surface area contributed by atoms with Gasteiger partial charge in [0.05, 0.1) is 15.6 Å². The lowest BCUT2D eigenvalue weighted by Gasteiger charge is -2.35. The van der Waals surface area contributed by atoms with Crippen molar-refractivity contribution >= 4 is 29.1 Å². The molecular formula is C14H17Cl2NO. The van der Waals surface area contributed by atoms with Crippen LogP contribution in [0.1, 0.15) is 43.0 Å². The normalized spacial score (nSPS) is 19.9. The second kappa shape index (κ2) is 5.94. The molecular weight excluding hydrogens is 269 g/mol. The number of nitrogens with zero attached hydrogens (tertiary/aromatic N) is 1. The third-order valence-electron chi connectivity index (χ3n) is 3.54. The topological polar surface area (TPSA) is 20.3 Å². The zero-order valence-corrected chi connectivity index (χ0v) is 12.0. The standard InChI is InChI=1S/C14H17Cl2NO/c1-2-10-6-3-4-9-17(10)14(18)13-11(15)7-5-8-12(13)16/h5,7-8,10H,2-4,6,9H2,1H3/t10-/m0/s1. The second-order valence-corrected chi connectivity index (χ2v) is 5.47. The maximum atomic E-state index is 12.6. The van der Waals surface area contributed by atoms with Crippen LogP contribution in [0.25, 0.3) is 0 Å². The zero-order chi connectivity index (χ0) is 13.1. The molecule has 0 aromatic heterocycles. The highest BCUT2D eigenvalue weighted by atomic mass is 35.5. The molecule has 0 N–H and O–H groups in total. The lowest BCUT2D eigenvalue weighted by molar-refractivity contribution is 0.0608. The molecule has 0 unspecified atom stereocenters. The molecule has 0 saturated carbocycles. The van der Waals surface area contributed by atoms with Gasteiger partial charge in [0.1, 0.15) is 0 Å². The number of hydrogen-bond acceptors (Lipinski definition) is 1. The Morgan fingerprint density at radius 2 is 2.00 bits per heavy atom. The largest absolute Gasteiger partial charge is 0.336 e. The van der Waals surface area contributed by atoms with Gasteiger partial charge in [-0.1, -0.05) is 36.2 Å². The quantitative estimate of drug-likeness (QED) is 0.789. The fourth-order valence-electron chi connectivity index (χ4n) is 2.54. The first-order valence-corrected chi connectivity index (χ1v) is 7.15. The Morgan fingerprint density at radius 3 is 2.61 bits per heavy atom. The zero-order valence-electron chi connectivity index (χ0n) is 10.5. The van der Waals surface area contributed by atoms with Gasteiger partial charge in [0.25, 0.3) is 5.91 Å². The Morgan fingerprint density at radius 1 is 1.33 bits per heavy atom. The maximum Gasteiger partial charge on any atom is 0.257 e. The van der Waals surface area contributed by atoms with Gasteiger partial charge in [-0.2, -0.15) is 0 Å². The molecule has 1 aliphatic rings. The smallest absolute Gasteiger partial charge is 0.257 e. The van der Waals surface area contributed by atoms with Gasteiger partial charge in [-0.25, -0.2) is 0 Å². The van der Waals surface area contributed by atoms with Gasteiger partial charge in [-0.15, -0.1) is 0 Å². The first-order chi connectivity index (χ1) is 8.65. The number of carbonyl (C=O) groups is 1. The van der Waals surface area contributed by atoms with Gasteiger partial charge in [0.2, 0.25) is 0 Å². The Kier molecular flexibility index (Phi) is 4.52. The third kappa shape index (κ3) is 2.65. The number of rotatable bonds is 2. The Labute approximate surface area is 118 Å². The molecule has 0 radical (unpaired) electrons. The van der Waals surface area contributed by atoms with Crippen molar-refractivity contribution in [3.05, 3.63) is 33.8 Å². The highest BCUT2D eigenvalue weighted by Crippen LogP contribution is 2.29. The number of benzene rings is 1. The van der Waals surface area contributed by atoms with E-state index in [-0.39, 0.29) is 5.91 Å². The second-order valence-electron chi connectivity index (χ2n) is 4.65. The van der Waals surface area contributed by atoms with E-state index in [1.807, 2.05) is 4.90 Å². The average Bonchev–Trinajstić information content (AvgIpc) is 2.38. The van der Waals surface area contributed by atoms with Crippen molar-refractivity contribution in [3.8, 4) is 0 Å². The maximum absolute atomic E-state index is 12.6. The van der Waals surface area contributed by atoms with E-state index in [0.717, 1.165) is 25.8 Å². The third-order valence-corrected chi connectivity index (χ3v) is 4.17. The van der Waals surface area contributed by atoms with E-state index < -0.39 is 0 Å². The van der Waals surface area contributed by atoms with Gasteiger partial charge in [0, 0.05) is 12.6 Å². The minimum Gasteiger partial charge on any atom is -0.336 e. The van der Waals surface area contributed by atoms with E-state index in [9.17, 15) is 4.79 Å². The van der Waals surface area contributed by atoms with E-state index in [2.05, 4.69) is 6.92 Å². The number of carbonyl (C=O) groups excluding carboxylic acids is 1. The summed E-state index contributed by atoms with van der Waals surface area (Å²) in [6.07, 6.45) is 4.31. The Hall–Kier alpha value is -0.730. The van der Waals surface area contributed by atoms with E-state index in [4.69, 9.17) is 23.2 Å². The molecule has 1 atom stereocenters. The van der Waals surface area contributed by atoms with Crippen LogP contribution in [0.2, 0.25) is 10.0 Å². The van der Waals surface area contributed by atoms with E-state index >= 15 is 0 Å². The molecule has 1 aliphatic heterocycles. The van der Waals surface area contributed by atoms with Crippen molar-refractivity contribution in [1.82, 2.24) is 4.90 Å². The summed E-state index contributed by atoms with van der Waals surface area (Å²) in [7, 11) is 0. The van der Waals surface area contributed by atoms with Crippen LogP contribution in [0.3, 0.4) is 0 Å². The van der Waals surface area contributed by atoms with Crippen LogP contribution in [-0.4, -0.2) is 23.4 Å². The number of hydrogen-bond donors (Lipinski definition) is 0. The molecule has 2 nitrogen and oxygen atoms in total. The van der Waals surface area contributed by atoms with Gasteiger partial charge in [-0.3, -0.25) is 4.79 Å². The molecule has 0 bridgehead atoms. The molecule has 1 aromatic rings. The van der Waals surface area contributed by atoms with Crippen molar-refractivity contribution in [1.29, 1.82) is 0 Å². The molecule has 2 rings (SSSR count). The minimum absolute atomic E-state index is 0.0304. The molecule has 1 saturated heterocycles. The Bertz CT molecular complexity index is 427. The average molecular weight is 286 g/mol. The van der Waals surface area contributed by atoms with Crippen molar-refractivity contribution in [2.24, 2.45) is 0 Å². The molecule has 1 aromatic carbocycles. The first-order valence-electron chi connectivity index (χ1n) is 6.40. The highest BCUT2D eigenvalue weighted by Gasteiger charge is 2.28. The van der Waals surface area contributed by atoms with Gasteiger partial charge >= 0.3 is 0 Å². The van der Waals surface area contributed by atoms with E-state index in [1.165, 1.54) is 6.42 Å². The number of piperidine rings is 1. The number of halogens is 2. The first kappa shape index (κ1) is 13.7. The summed E-state index contributed by atoms with van der Waals surface area (Å²) < 4.78 is 0. The van der Waals surface area contributed by atoms with Crippen molar-refractivity contribution < 1.29 is 4.79 Å². The molecule has 0 aliphatic carbocycles. The summed E-state index contributed by atoms with van der Waals surface area (Å²) in [5, 5.41) is 0.876. The van der Waals surface area contributed by atoms with Crippen molar-refractivity contribution in [3.63, 3.8) is 0 Å². The summed E-state index contributed by atoms with van der Waals surface area (Å²) >= 11 is 12.2. The molecule has 0 spiro atoms. The fraction of sp³-hybridized carbons (Fsp3) is 0.500. The lowest BCUT2D eigenvalue weighted by atomic mass is 9.99. The lowest BCUT2D eigenvalue weighted by Crippen LogP contribution is -2.43. The molecule has 18 heavy (non-hydrogen) atoms. The van der Waals surface area contributed by atoms with Crippen LogP contribution in [0.15, 0.2) is 18.2 Å². The van der Waals surface area contributed by atoms with Gasteiger partial charge < -0.3 is 4.90 Å². The summed E-state index contributed by atoms with van der Waals surface area (Å²) in [6.45, 7) is 2.92. The predicted molar refractivity (Wildman–Crippen MR) is 75.4 cm³/mol. The summed E-state index contributed by atoms with van der Waals surface area (Å²) in [5.74, 6) is -0.0304. The summed E-state index contributed by atoms with van der Waals surface area (Å²) in [6, 6.07) is 5.50. The van der Waals surface area contributed by atoms with E-state index in [1.54, 1.807) is 18.2 Å². The number of likely N-dealkylation sites (tertiary alicyclic amines) is 1. The monoisotopic (exact) mass is 285 g/mol. The van der Waals surface area contributed by atoms with Crippen LogP contribution in [0, 0.1) is 0 Å². The van der Waals surface area contributed by atoms with Gasteiger partial charge in [0.15, 0.2) is 0 Å². The molecule has 4 heteroatoms. The molecule has 1 fully saturated rings.